The van der Waals surface area contributed by atoms with Crippen molar-refractivity contribution < 1.29 is 9.15 Å². The van der Waals surface area contributed by atoms with Crippen molar-refractivity contribution in [2.45, 2.75) is 40.2 Å². The van der Waals surface area contributed by atoms with Gasteiger partial charge in [0.05, 0.1) is 18.8 Å². The molecular weight excluding hydrogens is 252 g/mol. The highest BCUT2D eigenvalue weighted by molar-refractivity contribution is 5.41. The first-order valence-corrected chi connectivity index (χ1v) is 6.94. The molecule has 2 heterocycles. The lowest BCUT2D eigenvalue weighted by Crippen LogP contribution is -2.14. The molecule has 4 nitrogen and oxygen atoms in total. The van der Waals surface area contributed by atoms with Crippen LogP contribution in [-0.2, 0) is 0 Å². The molecule has 4 heteroatoms. The predicted molar refractivity (Wildman–Crippen MR) is 79.0 cm³/mol. The second-order valence-corrected chi connectivity index (χ2v) is 5.03. The maximum Gasteiger partial charge on any atom is 0.137 e. The van der Waals surface area contributed by atoms with Crippen LogP contribution in [0.4, 0.5) is 0 Å². The number of ether oxygens (including phenoxy) is 1. The van der Waals surface area contributed by atoms with Gasteiger partial charge in [-0.3, -0.25) is 4.98 Å². The maximum absolute atomic E-state index is 6.37. The van der Waals surface area contributed by atoms with Gasteiger partial charge in [0.25, 0.3) is 0 Å². The van der Waals surface area contributed by atoms with E-state index in [1.165, 1.54) is 0 Å². The Labute approximate surface area is 120 Å². The molecule has 2 aromatic heterocycles. The van der Waals surface area contributed by atoms with Gasteiger partial charge in [0, 0.05) is 11.8 Å². The summed E-state index contributed by atoms with van der Waals surface area (Å²) in [6, 6.07) is 1.71. The molecule has 0 saturated heterocycles. The molecule has 2 N–H and O–H groups in total. The summed E-state index contributed by atoms with van der Waals surface area (Å²) in [5.74, 6) is 2.54. The fraction of sp³-hybridized carbons (Fsp3) is 0.438. The molecule has 1 atom stereocenters. The lowest BCUT2D eigenvalue weighted by Gasteiger charge is -2.14. The quantitative estimate of drug-likeness (QED) is 0.907. The van der Waals surface area contributed by atoms with Crippen molar-refractivity contribution in [1.29, 1.82) is 0 Å². The zero-order chi connectivity index (χ0) is 14.7. The highest BCUT2D eigenvalue weighted by Crippen LogP contribution is 2.30. The number of aryl methyl sites for hydroxylation is 2. The summed E-state index contributed by atoms with van der Waals surface area (Å²) >= 11 is 0. The van der Waals surface area contributed by atoms with Crippen LogP contribution in [0.5, 0.6) is 5.75 Å². The largest absolute Gasteiger partial charge is 0.492 e. The Morgan fingerprint density at radius 1 is 1.25 bits per heavy atom. The van der Waals surface area contributed by atoms with Crippen molar-refractivity contribution in [3.63, 3.8) is 0 Å². The van der Waals surface area contributed by atoms with E-state index in [9.17, 15) is 0 Å². The molecule has 0 aliphatic carbocycles. The highest BCUT2D eigenvalue weighted by atomic mass is 16.5. The van der Waals surface area contributed by atoms with Gasteiger partial charge in [-0.25, -0.2) is 0 Å². The average molecular weight is 274 g/mol. The molecule has 0 amide bonds. The summed E-state index contributed by atoms with van der Waals surface area (Å²) in [4.78, 5) is 4.21. The Bertz CT molecular complexity index is 590. The van der Waals surface area contributed by atoms with Gasteiger partial charge in [-0.05, 0) is 44.4 Å². The van der Waals surface area contributed by atoms with E-state index in [2.05, 4.69) is 11.9 Å². The summed E-state index contributed by atoms with van der Waals surface area (Å²) in [7, 11) is 0. The van der Waals surface area contributed by atoms with Crippen molar-refractivity contribution in [3.05, 3.63) is 46.7 Å². The van der Waals surface area contributed by atoms with E-state index in [4.69, 9.17) is 14.9 Å². The van der Waals surface area contributed by atoms with E-state index in [1.807, 2.05) is 26.8 Å². The van der Waals surface area contributed by atoms with Gasteiger partial charge in [0.2, 0.25) is 0 Å². The highest BCUT2D eigenvalue weighted by Gasteiger charge is 2.20. The minimum absolute atomic E-state index is 0.245. The molecule has 20 heavy (non-hydrogen) atoms. The van der Waals surface area contributed by atoms with Crippen LogP contribution in [0.15, 0.2) is 22.9 Å². The van der Waals surface area contributed by atoms with Gasteiger partial charge in [0.1, 0.15) is 17.3 Å². The van der Waals surface area contributed by atoms with Gasteiger partial charge in [0.15, 0.2) is 0 Å². The summed E-state index contributed by atoms with van der Waals surface area (Å²) in [5.41, 5.74) is 9.45. The van der Waals surface area contributed by atoms with Crippen molar-refractivity contribution in [2.24, 2.45) is 5.73 Å². The number of rotatable bonds is 5. The number of hydrogen-bond donors (Lipinski definition) is 1. The molecule has 1 unspecified atom stereocenters. The Morgan fingerprint density at radius 3 is 2.60 bits per heavy atom. The van der Waals surface area contributed by atoms with Crippen LogP contribution < -0.4 is 10.5 Å². The third-order valence-electron chi connectivity index (χ3n) is 3.49. The number of nitrogens with two attached hydrogens (primary N) is 1. The number of nitrogens with zero attached hydrogens (tertiary/aromatic N) is 1. The van der Waals surface area contributed by atoms with Crippen LogP contribution in [0.25, 0.3) is 0 Å². The van der Waals surface area contributed by atoms with Gasteiger partial charge < -0.3 is 14.9 Å². The maximum atomic E-state index is 6.37. The zero-order valence-corrected chi connectivity index (χ0v) is 12.6. The predicted octanol–water partition coefficient (Wildman–Crippen LogP) is 3.44. The Hall–Kier alpha value is -1.81. The van der Waals surface area contributed by atoms with Crippen LogP contribution in [0.1, 0.15) is 47.6 Å². The average Bonchev–Trinajstić information content (AvgIpc) is 2.69. The summed E-state index contributed by atoms with van der Waals surface area (Å²) in [5, 5.41) is 0. The topological polar surface area (TPSA) is 61.3 Å². The molecule has 108 valence electrons. The standard InChI is InChI=1S/C16H22N2O2/c1-5-6-19-14-7-13(8-18-9-14)16(17)15-10(2)11(3)20-12(15)4/h7-9,16H,5-6,17H2,1-4H3. The Balaban J connectivity index is 2.30. The van der Waals surface area contributed by atoms with Crippen molar-refractivity contribution in [1.82, 2.24) is 4.98 Å². The van der Waals surface area contributed by atoms with E-state index in [-0.39, 0.29) is 6.04 Å². The molecule has 0 aromatic carbocycles. The normalized spacial score (nSPS) is 12.4. The second kappa shape index (κ2) is 6.09. The zero-order valence-electron chi connectivity index (χ0n) is 12.6. The summed E-state index contributed by atoms with van der Waals surface area (Å²) in [6.45, 7) is 8.69. The van der Waals surface area contributed by atoms with Gasteiger partial charge in [-0.1, -0.05) is 6.92 Å². The molecule has 2 aromatic rings. The van der Waals surface area contributed by atoms with E-state index < -0.39 is 0 Å². The first kappa shape index (κ1) is 14.6. The molecular formula is C16H22N2O2. The number of aromatic nitrogens is 1. The third kappa shape index (κ3) is 2.85. The minimum atomic E-state index is -0.245. The van der Waals surface area contributed by atoms with Crippen LogP contribution in [0.3, 0.4) is 0 Å². The van der Waals surface area contributed by atoms with E-state index in [1.54, 1.807) is 12.4 Å². The smallest absolute Gasteiger partial charge is 0.137 e. The molecule has 0 saturated carbocycles. The third-order valence-corrected chi connectivity index (χ3v) is 3.49. The van der Waals surface area contributed by atoms with Crippen molar-refractivity contribution >= 4 is 0 Å². The van der Waals surface area contributed by atoms with Crippen molar-refractivity contribution in [3.8, 4) is 5.75 Å². The molecule has 0 aliphatic heterocycles. The minimum Gasteiger partial charge on any atom is -0.492 e. The molecule has 2 rings (SSSR count). The van der Waals surface area contributed by atoms with Gasteiger partial charge >= 0.3 is 0 Å². The lowest BCUT2D eigenvalue weighted by molar-refractivity contribution is 0.315. The van der Waals surface area contributed by atoms with Crippen LogP contribution in [0, 0.1) is 20.8 Å². The van der Waals surface area contributed by atoms with E-state index in [0.29, 0.717) is 6.61 Å². The monoisotopic (exact) mass is 274 g/mol. The second-order valence-electron chi connectivity index (χ2n) is 5.03. The molecule has 0 radical (unpaired) electrons. The van der Waals surface area contributed by atoms with Gasteiger partial charge in [-0.15, -0.1) is 0 Å². The van der Waals surface area contributed by atoms with Crippen molar-refractivity contribution in [2.75, 3.05) is 6.61 Å². The first-order chi connectivity index (χ1) is 9.54. The molecule has 0 aliphatic rings. The number of furan rings is 1. The fourth-order valence-electron chi connectivity index (χ4n) is 2.34. The first-order valence-electron chi connectivity index (χ1n) is 6.94. The summed E-state index contributed by atoms with van der Waals surface area (Å²) < 4.78 is 11.3. The molecule has 0 spiro atoms. The number of pyridine rings is 1. The van der Waals surface area contributed by atoms with E-state index in [0.717, 1.165) is 40.4 Å². The Morgan fingerprint density at radius 2 is 2.00 bits per heavy atom. The fourth-order valence-corrected chi connectivity index (χ4v) is 2.34. The number of hydrogen-bond acceptors (Lipinski definition) is 4. The lowest BCUT2D eigenvalue weighted by atomic mass is 9.97. The van der Waals surface area contributed by atoms with Gasteiger partial charge in [-0.2, -0.15) is 0 Å². The van der Waals surface area contributed by atoms with Crippen LogP contribution in [-0.4, -0.2) is 11.6 Å². The Kier molecular flexibility index (Phi) is 4.45. The van der Waals surface area contributed by atoms with Crippen LogP contribution in [0.2, 0.25) is 0 Å². The molecule has 0 bridgehead atoms. The van der Waals surface area contributed by atoms with Crippen LogP contribution >= 0.6 is 0 Å². The molecule has 0 fully saturated rings. The van der Waals surface area contributed by atoms with E-state index >= 15 is 0 Å². The SMILES string of the molecule is CCCOc1cncc(C(N)c2c(C)oc(C)c2C)c1. The summed E-state index contributed by atoms with van der Waals surface area (Å²) in [6.07, 6.45) is 4.46.